The number of fused-ring (bicyclic) bond motifs is 1. The fraction of sp³-hybridized carbons (Fsp3) is 0.400. The highest BCUT2D eigenvalue weighted by Crippen LogP contribution is 2.40. The van der Waals surface area contributed by atoms with Gasteiger partial charge in [-0.25, -0.2) is 0 Å². The first-order valence-electron chi connectivity index (χ1n) is 8.49. The molecule has 0 aromatic heterocycles. The smallest absolute Gasteiger partial charge is 0.127 e. The summed E-state index contributed by atoms with van der Waals surface area (Å²) >= 11 is 0. The van der Waals surface area contributed by atoms with Gasteiger partial charge in [0.2, 0.25) is 0 Å². The molecule has 4 rings (SSSR count). The van der Waals surface area contributed by atoms with Crippen LogP contribution in [-0.4, -0.2) is 17.5 Å². The van der Waals surface area contributed by atoms with Crippen LogP contribution in [0, 0.1) is 0 Å². The molecular formula is C20H23NO. The van der Waals surface area contributed by atoms with Crippen molar-refractivity contribution in [1.29, 1.82) is 0 Å². The van der Waals surface area contributed by atoms with Crippen LogP contribution in [0.4, 0.5) is 0 Å². The van der Waals surface area contributed by atoms with Crippen molar-refractivity contribution >= 4 is 0 Å². The van der Waals surface area contributed by atoms with Gasteiger partial charge in [0.05, 0.1) is 0 Å². The Labute approximate surface area is 132 Å². The molecule has 2 atom stereocenters. The predicted molar refractivity (Wildman–Crippen MR) is 89.3 cm³/mol. The molecule has 2 aromatic carbocycles. The highest BCUT2D eigenvalue weighted by Gasteiger charge is 2.35. The number of piperidine rings is 1. The molecule has 0 saturated carbocycles. The summed E-state index contributed by atoms with van der Waals surface area (Å²) in [5.74, 6) is 1.82. The SMILES string of the molecule is c1ccc(Oc2ccc([C@@H]3CCC4CCCCN43)cc2)cc1. The minimum atomic E-state index is 0.621. The number of hydrogen-bond donors (Lipinski definition) is 0. The maximum Gasteiger partial charge on any atom is 0.127 e. The second kappa shape index (κ2) is 6.13. The molecule has 0 spiro atoms. The van der Waals surface area contributed by atoms with Gasteiger partial charge in [-0.3, -0.25) is 4.90 Å². The number of ether oxygens (including phenoxy) is 1. The first-order chi connectivity index (χ1) is 10.9. The Morgan fingerprint density at radius 2 is 1.55 bits per heavy atom. The van der Waals surface area contributed by atoms with Gasteiger partial charge in [-0.05, 0) is 62.1 Å². The van der Waals surface area contributed by atoms with E-state index in [4.69, 9.17) is 4.74 Å². The monoisotopic (exact) mass is 293 g/mol. The normalized spacial score (nSPS) is 24.9. The Balaban J connectivity index is 1.48. The fourth-order valence-electron chi connectivity index (χ4n) is 4.00. The molecule has 114 valence electrons. The van der Waals surface area contributed by atoms with Gasteiger partial charge in [0.25, 0.3) is 0 Å². The lowest BCUT2D eigenvalue weighted by Crippen LogP contribution is -2.35. The molecular weight excluding hydrogens is 270 g/mol. The zero-order chi connectivity index (χ0) is 14.8. The number of rotatable bonds is 3. The maximum absolute atomic E-state index is 5.89. The van der Waals surface area contributed by atoms with Gasteiger partial charge in [0.1, 0.15) is 11.5 Å². The van der Waals surface area contributed by atoms with Crippen LogP contribution in [-0.2, 0) is 0 Å². The van der Waals surface area contributed by atoms with Crippen molar-refractivity contribution in [1.82, 2.24) is 4.90 Å². The lowest BCUT2D eigenvalue weighted by atomic mass is 10.0. The zero-order valence-corrected chi connectivity index (χ0v) is 12.9. The van der Waals surface area contributed by atoms with Crippen LogP contribution in [0.3, 0.4) is 0 Å². The zero-order valence-electron chi connectivity index (χ0n) is 12.9. The van der Waals surface area contributed by atoms with Crippen LogP contribution in [0.15, 0.2) is 54.6 Å². The quantitative estimate of drug-likeness (QED) is 0.774. The molecule has 2 nitrogen and oxygen atoms in total. The predicted octanol–water partition coefficient (Wildman–Crippen LogP) is 5.17. The highest BCUT2D eigenvalue weighted by atomic mass is 16.5. The summed E-state index contributed by atoms with van der Waals surface area (Å²) < 4.78 is 5.89. The third kappa shape index (κ3) is 2.76. The van der Waals surface area contributed by atoms with Gasteiger partial charge in [0, 0.05) is 12.1 Å². The van der Waals surface area contributed by atoms with Crippen LogP contribution in [0.5, 0.6) is 11.5 Å². The standard InChI is InChI=1S/C20H23NO/c1-2-7-18(8-3-1)22-19-12-9-16(10-13-19)20-14-11-17-6-4-5-15-21(17)20/h1-3,7-10,12-13,17,20H,4-6,11,14-15H2/t17?,20-/m0/s1. The minimum Gasteiger partial charge on any atom is -0.457 e. The maximum atomic E-state index is 5.89. The van der Waals surface area contributed by atoms with Gasteiger partial charge in [-0.15, -0.1) is 0 Å². The molecule has 2 aliphatic rings. The topological polar surface area (TPSA) is 12.5 Å². The van der Waals surface area contributed by atoms with E-state index in [9.17, 15) is 0 Å². The molecule has 2 aliphatic heterocycles. The third-order valence-electron chi connectivity index (χ3n) is 5.09. The van der Waals surface area contributed by atoms with Gasteiger partial charge >= 0.3 is 0 Å². The summed E-state index contributed by atoms with van der Waals surface area (Å²) in [5, 5.41) is 0. The fourth-order valence-corrected chi connectivity index (χ4v) is 4.00. The van der Waals surface area contributed by atoms with E-state index in [0.29, 0.717) is 6.04 Å². The van der Waals surface area contributed by atoms with Crippen molar-refractivity contribution < 1.29 is 4.74 Å². The van der Waals surface area contributed by atoms with E-state index in [0.717, 1.165) is 17.5 Å². The highest BCUT2D eigenvalue weighted by molar-refractivity contribution is 5.34. The summed E-state index contributed by atoms with van der Waals surface area (Å²) in [5.41, 5.74) is 1.45. The van der Waals surface area contributed by atoms with Crippen LogP contribution < -0.4 is 4.74 Å². The van der Waals surface area contributed by atoms with E-state index in [2.05, 4.69) is 29.2 Å². The Kier molecular flexibility index (Phi) is 3.86. The molecule has 1 unspecified atom stereocenters. The van der Waals surface area contributed by atoms with Crippen molar-refractivity contribution in [3.63, 3.8) is 0 Å². The number of para-hydroxylation sites is 1. The second-order valence-corrected chi connectivity index (χ2v) is 6.46. The van der Waals surface area contributed by atoms with Gasteiger partial charge in [-0.1, -0.05) is 36.8 Å². The van der Waals surface area contributed by atoms with E-state index in [1.807, 2.05) is 30.3 Å². The van der Waals surface area contributed by atoms with Crippen LogP contribution in [0.1, 0.15) is 43.7 Å². The molecule has 0 aliphatic carbocycles. The molecule has 2 heterocycles. The number of hydrogen-bond acceptors (Lipinski definition) is 2. The molecule has 2 saturated heterocycles. The largest absolute Gasteiger partial charge is 0.457 e. The van der Waals surface area contributed by atoms with Crippen LogP contribution in [0.2, 0.25) is 0 Å². The van der Waals surface area contributed by atoms with E-state index in [-0.39, 0.29) is 0 Å². The lowest BCUT2D eigenvalue weighted by Gasteiger charge is -2.34. The van der Waals surface area contributed by atoms with Gasteiger partial charge in [-0.2, -0.15) is 0 Å². The first-order valence-corrected chi connectivity index (χ1v) is 8.49. The van der Waals surface area contributed by atoms with Crippen LogP contribution in [0.25, 0.3) is 0 Å². The summed E-state index contributed by atoms with van der Waals surface area (Å²) in [6, 6.07) is 20.2. The summed E-state index contributed by atoms with van der Waals surface area (Å²) in [7, 11) is 0. The average Bonchev–Trinajstić information content (AvgIpc) is 3.01. The molecule has 2 aromatic rings. The van der Waals surface area contributed by atoms with Crippen molar-refractivity contribution in [2.24, 2.45) is 0 Å². The molecule has 22 heavy (non-hydrogen) atoms. The number of nitrogens with zero attached hydrogens (tertiary/aromatic N) is 1. The third-order valence-corrected chi connectivity index (χ3v) is 5.09. The Morgan fingerprint density at radius 1 is 0.773 bits per heavy atom. The van der Waals surface area contributed by atoms with Crippen molar-refractivity contribution in [2.45, 2.75) is 44.2 Å². The summed E-state index contributed by atoms with van der Waals surface area (Å²) in [6.07, 6.45) is 6.85. The average molecular weight is 293 g/mol. The second-order valence-electron chi connectivity index (χ2n) is 6.46. The summed E-state index contributed by atoms with van der Waals surface area (Å²) in [4.78, 5) is 2.73. The minimum absolute atomic E-state index is 0.621. The van der Waals surface area contributed by atoms with E-state index in [1.165, 1.54) is 44.2 Å². The van der Waals surface area contributed by atoms with Gasteiger partial charge in [0.15, 0.2) is 0 Å². The molecule has 2 heteroatoms. The van der Waals surface area contributed by atoms with Crippen molar-refractivity contribution in [3.05, 3.63) is 60.2 Å². The van der Waals surface area contributed by atoms with Gasteiger partial charge < -0.3 is 4.74 Å². The van der Waals surface area contributed by atoms with E-state index >= 15 is 0 Å². The number of benzene rings is 2. The van der Waals surface area contributed by atoms with Crippen molar-refractivity contribution in [3.8, 4) is 11.5 Å². The molecule has 0 amide bonds. The first kappa shape index (κ1) is 13.8. The van der Waals surface area contributed by atoms with Crippen molar-refractivity contribution in [2.75, 3.05) is 6.54 Å². The Hall–Kier alpha value is -1.80. The lowest BCUT2D eigenvalue weighted by molar-refractivity contribution is 0.150. The summed E-state index contributed by atoms with van der Waals surface area (Å²) in [6.45, 7) is 1.28. The molecule has 0 bridgehead atoms. The Bertz CT molecular complexity index is 607. The Morgan fingerprint density at radius 3 is 2.36 bits per heavy atom. The van der Waals surface area contributed by atoms with E-state index in [1.54, 1.807) is 0 Å². The van der Waals surface area contributed by atoms with Crippen LogP contribution >= 0.6 is 0 Å². The molecule has 0 N–H and O–H groups in total. The molecule has 2 fully saturated rings. The molecule has 0 radical (unpaired) electrons. The van der Waals surface area contributed by atoms with E-state index < -0.39 is 0 Å².